The van der Waals surface area contributed by atoms with Crippen molar-refractivity contribution in [3.05, 3.63) is 48.0 Å². The van der Waals surface area contributed by atoms with Gasteiger partial charge in [0.25, 0.3) is 0 Å². The third-order valence-corrected chi connectivity index (χ3v) is 1.97. The topological polar surface area (TPSA) is 29.4 Å². The van der Waals surface area contributed by atoms with Gasteiger partial charge in [0.05, 0.1) is 0 Å². The monoisotopic (exact) mass is 171 g/mol. The number of rotatable bonds is 1. The zero-order chi connectivity index (χ0) is 9.10. The first-order valence-corrected chi connectivity index (χ1v) is 4.16. The molecule has 0 N–H and O–H groups in total. The van der Waals surface area contributed by atoms with Gasteiger partial charge in [0.15, 0.2) is 5.78 Å². The van der Waals surface area contributed by atoms with Crippen molar-refractivity contribution in [3.63, 3.8) is 0 Å². The molecule has 13 heavy (non-hydrogen) atoms. The highest BCUT2D eigenvalue weighted by Gasteiger charge is 2.17. The van der Waals surface area contributed by atoms with E-state index >= 15 is 0 Å². The average Bonchev–Trinajstić information content (AvgIpc) is 2.20. The smallest absolute Gasteiger partial charge is 0.184 e. The Morgan fingerprint density at radius 3 is 2.62 bits per heavy atom. The molecule has 2 rings (SSSR count). The minimum atomic E-state index is -0.328. The Labute approximate surface area is 76.6 Å². The van der Waals surface area contributed by atoms with Crippen LogP contribution in [-0.2, 0) is 4.79 Å². The molecule has 0 saturated heterocycles. The van der Waals surface area contributed by atoms with Crippen LogP contribution in [0.4, 0.5) is 0 Å². The number of benzene rings is 1. The Kier molecular flexibility index (Phi) is 2.04. The van der Waals surface area contributed by atoms with Gasteiger partial charge in [0.1, 0.15) is 6.04 Å². The standard InChI is InChI=1S/C11H9NO/c13-10-7-4-8-12-11(10)9-5-2-1-3-6-9/h1-8,11H. The Hall–Kier alpha value is -1.70. The van der Waals surface area contributed by atoms with Crippen LogP contribution in [0, 0.1) is 0 Å². The fraction of sp³-hybridized carbons (Fsp3) is 0.0909. The predicted molar refractivity (Wildman–Crippen MR) is 51.8 cm³/mol. The summed E-state index contributed by atoms with van der Waals surface area (Å²) in [5.41, 5.74) is 0.952. The predicted octanol–water partition coefficient (Wildman–Crippen LogP) is 1.94. The molecule has 2 heteroatoms. The third kappa shape index (κ3) is 1.56. The Morgan fingerprint density at radius 1 is 1.15 bits per heavy atom. The lowest BCUT2D eigenvalue weighted by molar-refractivity contribution is -0.115. The lowest BCUT2D eigenvalue weighted by Gasteiger charge is -2.10. The third-order valence-electron chi connectivity index (χ3n) is 1.97. The molecular weight excluding hydrogens is 162 g/mol. The van der Waals surface area contributed by atoms with E-state index in [1.165, 1.54) is 0 Å². The van der Waals surface area contributed by atoms with Crippen LogP contribution in [-0.4, -0.2) is 12.0 Å². The molecule has 1 aromatic rings. The molecule has 1 heterocycles. The fourth-order valence-corrected chi connectivity index (χ4v) is 1.32. The maximum absolute atomic E-state index is 11.4. The second-order valence-electron chi connectivity index (χ2n) is 2.87. The van der Waals surface area contributed by atoms with Crippen LogP contribution in [0.25, 0.3) is 0 Å². The Morgan fingerprint density at radius 2 is 1.92 bits per heavy atom. The summed E-state index contributed by atoms with van der Waals surface area (Å²) in [5, 5.41) is 0. The highest BCUT2D eigenvalue weighted by Crippen LogP contribution is 2.19. The number of nitrogens with zero attached hydrogens (tertiary/aromatic N) is 1. The SMILES string of the molecule is O=C1C=CC=NC1c1ccccc1. The summed E-state index contributed by atoms with van der Waals surface area (Å²) in [6.07, 6.45) is 4.89. The van der Waals surface area contributed by atoms with Crippen molar-refractivity contribution in [3.8, 4) is 0 Å². The van der Waals surface area contributed by atoms with Gasteiger partial charge in [0.2, 0.25) is 0 Å². The van der Waals surface area contributed by atoms with Crippen LogP contribution < -0.4 is 0 Å². The van der Waals surface area contributed by atoms with Gasteiger partial charge in [0, 0.05) is 6.21 Å². The van der Waals surface area contributed by atoms with Crippen LogP contribution in [0.1, 0.15) is 11.6 Å². The summed E-state index contributed by atoms with van der Waals surface area (Å²) < 4.78 is 0. The quantitative estimate of drug-likeness (QED) is 0.634. The van der Waals surface area contributed by atoms with Crippen molar-refractivity contribution in [1.82, 2.24) is 0 Å². The first-order valence-electron chi connectivity index (χ1n) is 4.16. The Bertz CT molecular complexity index is 365. The minimum Gasteiger partial charge on any atom is -0.292 e. The lowest BCUT2D eigenvalue weighted by Crippen LogP contribution is -2.10. The van der Waals surface area contributed by atoms with Gasteiger partial charge in [-0.05, 0) is 17.7 Å². The van der Waals surface area contributed by atoms with Crippen molar-refractivity contribution in [2.45, 2.75) is 6.04 Å². The van der Waals surface area contributed by atoms with Crippen molar-refractivity contribution in [1.29, 1.82) is 0 Å². The molecule has 1 aromatic carbocycles. The molecule has 0 spiro atoms. The van der Waals surface area contributed by atoms with Gasteiger partial charge in [-0.2, -0.15) is 0 Å². The second kappa shape index (κ2) is 3.35. The van der Waals surface area contributed by atoms with Crippen LogP contribution in [0.2, 0.25) is 0 Å². The van der Waals surface area contributed by atoms with Crippen LogP contribution in [0.3, 0.4) is 0 Å². The molecule has 0 amide bonds. The number of ketones is 1. The molecule has 0 saturated carbocycles. The molecule has 1 aliphatic rings. The van der Waals surface area contributed by atoms with E-state index in [2.05, 4.69) is 4.99 Å². The molecule has 0 aromatic heterocycles. The number of aliphatic imine (C=N–C) groups is 1. The number of hydrogen-bond acceptors (Lipinski definition) is 2. The van der Waals surface area contributed by atoms with E-state index < -0.39 is 0 Å². The van der Waals surface area contributed by atoms with Crippen molar-refractivity contribution >= 4 is 12.0 Å². The average molecular weight is 171 g/mol. The number of carbonyl (C=O) groups excluding carboxylic acids is 1. The zero-order valence-electron chi connectivity index (χ0n) is 7.05. The van der Waals surface area contributed by atoms with Crippen molar-refractivity contribution in [2.24, 2.45) is 4.99 Å². The van der Waals surface area contributed by atoms with Crippen LogP contribution >= 0.6 is 0 Å². The molecule has 2 nitrogen and oxygen atoms in total. The maximum atomic E-state index is 11.4. The molecule has 0 radical (unpaired) electrons. The largest absolute Gasteiger partial charge is 0.292 e. The molecule has 0 bridgehead atoms. The molecule has 0 fully saturated rings. The maximum Gasteiger partial charge on any atom is 0.184 e. The number of carbonyl (C=O) groups is 1. The molecule has 0 aliphatic carbocycles. The molecular formula is C11H9NO. The zero-order valence-corrected chi connectivity index (χ0v) is 7.05. The van der Waals surface area contributed by atoms with E-state index in [-0.39, 0.29) is 11.8 Å². The van der Waals surface area contributed by atoms with Gasteiger partial charge in [-0.25, -0.2) is 0 Å². The van der Waals surface area contributed by atoms with Gasteiger partial charge in [-0.1, -0.05) is 30.3 Å². The molecule has 64 valence electrons. The molecule has 1 unspecified atom stereocenters. The van der Waals surface area contributed by atoms with Gasteiger partial charge in [-0.3, -0.25) is 9.79 Å². The highest BCUT2D eigenvalue weighted by atomic mass is 16.1. The van der Waals surface area contributed by atoms with E-state index in [0.717, 1.165) is 5.56 Å². The van der Waals surface area contributed by atoms with E-state index in [9.17, 15) is 4.79 Å². The van der Waals surface area contributed by atoms with Crippen LogP contribution in [0.5, 0.6) is 0 Å². The van der Waals surface area contributed by atoms with Crippen molar-refractivity contribution in [2.75, 3.05) is 0 Å². The van der Waals surface area contributed by atoms with E-state index in [0.29, 0.717) is 0 Å². The molecule has 1 atom stereocenters. The summed E-state index contributed by atoms with van der Waals surface area (Å²) in [4.78, 5) is 15.5. The number of hydrogen-bond donors (Lipinski definition) is 0. The Balaban J connectivity index is 2.32. The summed E-state index contributed by atoms with van der Waals surface area (Å²) in [5.74, 6) is 0.0497. The fourth-order valence-electron chi connectivity index (χ4n) is 1.32. The summed E-state index contributed by atoms with van der Waals surface area (Å²) in [6.45, 7) is 0. The highest BCUT2D eigenvalue weighted by molar-refractivity contribution is 6.01. The van der Waals surface area contributed by atoms with E-state index in [4.69, 9.17) is 0 Å². The van der Waals surface area contributed by atoms with Gasteiger partial charge < -0.3 is 0 Å². The van der Waals surface area contributed by atoms with Crippen molar-refractivity contribution < 1.29 is 4.79 Å². The lowest BCUT2D eigenvalue weighted by atomic mass is 10.0. The van der Waals surface area contributed by atoms with Gasteiger partial charge >= 0.3 is 0 Å². The second-order valence-corrected chi connectivity index (χ2v) is 2.87. The van der Waals surface area contributed by atoms with E-state index in [1.807, 2.05) is 30.3 Å². The van der Waals surface area contributed by atoms with Gasteiger partial charge in [-0.15, -0.1) is 0 Å². The number of allylic oxidation sites excluding steroid dienone is 1. The van der Waals surface area contributed by atoms with E-state index in [1.54, 1.807) is 18.4 Å². The first kappa shape index (κ1) is 7.92. The summed E-state index contributed by atoms with van der Waals surface area (Å²) in [6, 6.07) is 9.26. The summed E-state index contributed by atoms with van der Waals surface area (Å²) >= 11 is 0. The first-order chi connectivity index (χ1) is 6.38. The summed E-state index contributed by atoms with van der Waals surface area (Å²) in [7, 11) is 0. The normalized spacial score (nSPS) is 20.6. The minimum absolute atomic E-state index is 0.0497. The number of dihydropyridines is 1. The van der Waals surface area contributed by atoms with Crippen LogP contribution in [0.15, 0.2) is 47.5 Å². The molecule has 1 aliphatic heterocycles.